The van der Waals surface area contributed by atoms with Crippen molar-refractivity contribution in [1.29, 1.82) is 0 Å². The summed E-state index contributed by atoms with van der Waals surface area (Å²) in [4.78, 5) is 8.64. The summed E-state index contributed by atoms with van der Waals surface area (Å²) in [7, 11) is 0. The Morgan fingerprint density at radius 2 is 1.75 bits per heavy atom. The molecule has 0 saturated carbocycles. The van der Waals surface area contributed by atoms with Gasteiger partial charge in [0.15, 0.2) is 5.82 Å². The van der Waals surface area contributed by atoms with Crippen molar-refractivity contribution >= 4 is 28.5 Å². The van der Waals surface area contributed by atoms with Crippen molar-refractivity contribution in [2.75, 3.05) is 5.73 Å². The molecule has 0 saturated heterocycles. The van der Waals surface area contributed by atoms with E-state index in [4.69, 9.17) is 22.1 Å². The zero-order chi connectivity index (χ0) is 14.1. The highest BCUT2D eigenvalue weighted by Gasteiger charge is 2.10. The molecule has 0 spiro atoms. The minimum absolute atomic E-state index is 0.237. The number of nitrogens with two attached hydrogens (primary N) is 1. The van der Waals surface area contributed by atoms with Crippen LogP contribution < -0.4 is 10.5 Å². The van der Waals surface area contributed by atoms with Gasteiger partial charge in [-0.05, 0) is 36.8 Å². The molecule has 0 atom stereocenters. The summed E-state index contributed by atoms with van der Waals surface area (Å²) in [5.74, 6) is 1.01. The predicted molar refractivity (Wildman–Crippen MR) is 80.2 cm³/mol. The maximum absolute atomic E-state index is 6.10. The zero-order valence-corrected chi connectivity index (χ0v) is 11.6. The number of ether oxygens (including phenoxy) is 1. The molecular formula is C15H12ClN3O. The molecule has 2 aromatic carbocycles. The summed E-state index contributed by atoms with van der Waals surface area (Å²) in [6.07, 6.45) is 0. The maximum atomic E-state index is 6.10. The van der Waals surface area contributed by atoms with Crippen LogP contribution in [0.25, 0.3) is 11.0 Å². The van der Waals surface area contributed by atoms with E-state index in [9.17, 15) is 0 Å². The van der Waals surface area contributed by atoms with Gasteiger partial charge in [-0.3, -0.25) is 0 Å². The second kappa shape index (κ2) is 4.98. The predicted octanol–water partition coefficient (Wildman–Crippen LogP) is 3.97. The highest BCUT2D eigenvalue weighted by Crippen LogP contribution is 2.32. The van der Waals surface area contributed by atoms with Crippen molar-refractivity contribution < 1.29 is 4.74 Å². The van der Waals surface area contributed by atoms with E-state index in [-0.39, 0.29) is 11.7 Å². The van der Waals surface area contributed by atoms with Crippen LogP contribution in [-0.4, -0.2) is 9.97 Å². The largest absolute Gasteiger partial charge is 0.434 e. The smallest absolute Gasteiger partial charge is 0.263 e. The number of aryl methyl sites for hydroxylation is 1. The minimum atomic E-state index is 0.237. The summed E-state index contributed by atoms with van der Waals surface area (Å²) in [6, 6.07) is 13.0. The third-order valence-corrected chi connectivity index (χ3v) is 3.17. The first-order valence-corrected chi connectivity index (χ1v) is 6.47. The molecule has 1 heterocycles. The van der Waals surface area contributed by atoms with Crippen LogP contribution >= 0.6 is 11.6 Å². The van der Waals surface area contributed by atoms with Crippen LogP contribution in [0.4, 0.5) is 5.82 Å². The summed E-state index contributed by atoms with van der Waals surface area (Å²) >= 11 is 6.10. The van der Waals surface area contributed by atoms with E-state index < -0.39 is 0 Å². The average Bonchev–Trinajstić information content (AvgIpc) is 2.43. The third-order valence-electron chi connectivity index (χ3n) is 2.86. The Hall–Kier alpha value is -2.33. The molecule has 0 unspecified atom stereocenters. The number of benzene rings is 2. The number of hydrogen-bond donors (Lipinski definition) is 1. The maximum Gasteiger partial charge on any atom is 0.263 e. The number of nitrogen functional groups attached to an aromatic ring is 1. The molecular weight excluding hydrogens is 274 g/mol. The van der Waals surface area contributed by atoms with Crippen molar-refractivity contribution in [3.05, 3.63) is 53.1 Å². The van der Waals surface area contributed by atoms with Crippen molar-refractivity contribution in [2.45, 2.75) is 6.92 Å². The Morgan fingerprint density at radius 1 is 1.05 bits per heavy atom. The third kappa shape index (κ3) is 2.38. The monoisotopic (exact) mass is 285 g/mol. The van der Waals surface area contributed by atoms with Crippen molar-refractivity contribution in [3.8, 4) is 11.6 Å². The van der Waals surface area contributed by atoms with Crippen LogP contribution in [0, 0.1) is 6.92 Å². The molecule has 2 N–H and O–H groups in total. The van der Waals surface area contributed by atoms with Gasteiger partial charge in [0.05, 0.1) is 16.1 Å². The lowest BCUT2D eigenvalue weighted by molar-refractivity contribution is 0.465. The quantitative estimate of drug-likeness (QED) is 0.774. The molecule has 1 aromatic heterocycles. The van der Waals surface area contributed by atoms with Gasteiger partial charge in [-0.1, -0.05) is 29.8 Å². The summed E-state index contributed by atoms with van der Waals surface area (Å²) in [5, 5.41) is 0.505. The van der Waals surface area contributed by atoms with Gasteiger partial charge in [0, 0.05) is 0 Å². The van der Waals surface area contributed by atoms with Crippen LogP contribution in [0.15, 0.2) is 42.5 Å². The Morgan fingerprint density at radius 3 is 2.50 bits per heavy atom. The summed E-state index contributed by atoms with van der Waals surface area (Å²) < 4.78 is 5.70. The van der Waals surface area contributed by atoms with E-state index in [2.05, 4.69) is 9.97 Å². The van der Waals surface area contributed by atoms with E-state index in [0.717, 1.165) is 16.6 Å². The van der Waals surface area contributed by atoms with Crippen LogP contribution in [-0.2, 0) is 0 Å². The minimum Gasteiger partial charge on any atom is -0.434 e. The Balaban J connectivity index is 2.06. The van der Waals surface area contributed by atoms with Crippen molar-refractivity contribution in [3.63, 3.8) is 0 Å². The van der Waals surface area contributed by atoms with Crippen LogP contribution in [0.2, 0.25) is 5.02 Å². The first kappa shape index (κ1) is 12.7. The first-order valence-electron chi connectivity index (χ1n) is 6.10. The van der Waals surface area contributed by atoms with E-state index in [0.29, 0.717) is 10.8 Å². The molecule has 0 amide bonds. The number of para-hydroxylation sites is 2. The fraction of sp³-hybridized carbons (Fsp3) is 0.0667. The lowest BCUT2D eigenvalue weighted by Crippen LogP contribution is -1.99. The molecule has 4 nitrogen and oxygen atoms in total. The molecule has 0 aliphatic carbocycles. The van der Waals surface area contributed by atoms with E-state index in [1.54, 1.807) is 6.07 Å². The SMILES string of the molecule is Cc1ccc(Cl)c(Oc2nc3ccccc3nc2N)c1. The van der Waals surface area contributed by atoms with Crippen LogP contribution in [0.5, 0.6) is 11.6 Å². The van der Waals surface area contributed by atoms with E-state index in [1.807, 2.05) is 43.3 Å². The second-order valence-electron chi connectivity index (χ2n) is 4.44. The first-order chi connectivity index (χ1) is 9.63. The van der Waals surface area contributed by atoms with Gasteiger partial charge in [-0.2, -0.15) is 0 Å². The normalized spacial score (nSPS) is 10.7. The molecule has 20 heavy (non-hydrogen) atoms. The van der Waals surface area contributed by atoms with Crippen molar-refractivity contribution in [1.82, 2.24) is 9.97 Å². The van der Waals surface area contributed by atoms with Gasteiger partial charge in [0.2, 0.25) is 0 Å². The summed E-state index contributed by atoms with van der Waals surface area (Å²) in [6.45, 7) is 1.96. The molecule has 0 bridgehead atoms. The molecule has 0 aliphatic rings. The number of halogens is 1. The fourth-order valence-electron chi connectivity index (χ4n) is 1.87. The molecule has 0 radical (unpaired) electrons. The van der Waals surface area contributed by atoms with Crippen molar-refractivity contribution in [2.24, 2.45) is 0 Å². The second-order valence-corrected chi connectivity index (χ2v) is 4.85. The lowest BCUT2D eigenvalue weighted by Gasteiger charge is -2.10. The van der Waals surface area contributed by atoms with E-state index in [1.165, 1.54) is 0 Å². The molecule has 100 valence electrons. The van der Waals surface area contributed by atoms with Gasteiger partial charge in [-0.25, -0.2) is 9.97 Å². The topological polar surface area (TPSA) is 61.0 Å². The molecule has 3 aromatic rings. The summed E-state index contributed by atoms with van der Waals surface area (Å²) in [5.41, 5.74) is 8.37. The zero-order valence-electron chi connectivity index (χ0n) is 10.8. The number of anilines is 1. The average molecular weight is 286 g/mol. The van der Waals surface area contributed by atoms with Crippen LogP contribution in [0.1, 0.15) is 5.56 Å². The van der Waals surface area contributed by atoms with Crippen LogP contribution in [0.3, 0.4) is 0 Å². The fourth-order valence-corrected chi connectivity index (χ4v) is 2.02. The number of rotatable bonds is 2. The number of nitrogens with zero attached hydrogens (tertiary/aromatic N) is 2. The standard InChI is InChI=1S/C15H12ClN3O/c1-9-6-7-10(16)13(8-9)20-15-14(17)18-11-4-2-3-5-12(11)19-15/h2-8H,1H3,(H2,17,18). The number of aromatic nitrogens is 2. The number of fused-ring (bicyclic) bond motifs is 1. The van der Waals surface area contributed by atoms with Gasteiger partial charge < -0.3 is 10.5 Å². The van der Waals surface area contributed by atoms with Gasteiger partial charge >= 0.3 is 0 Å². The van der Waals surface area contributed by atoms with Gasteiger partial charge in [0.1, 0.15) is 5.75 Å². The number of hydrogen-bond acceptors (Lipinski definition) is 4. The highest BCUT2D eigenvalue weighted by molar-refractivity contribution is 6.32. The molecule has 0 fully saturated rings. The van der Waals surface area contributed by atoms with Gasteiger partial charge in [-0.15, -0.1) is 0 Å². The molecule has 5 heteroatoms. The Kier molecular flexibility index (Phi) is 3.16. The molecule has 0 aliphatic heterocycles. The van der Waals surface area contributed by atoms with Gasteiger partial charge in [0.25, 0.3) is 5.88 Å². The Bertz CT molecular complexity index is 789. The molecule has 3 rings (SSSR count). The van der Waals surface area contributed by atoms with E-state index >= 15 is 0 Å². The lowest BCUT2D eigenvalue weighted by atomic mass is 10.2. The Labute approximate surface area is 121 Å². The highest BCUT2D eigenvalue weighted by atomic mass is 35.5.